The van der Waals surface area contributed by atoms with Crippen molar-refractivity contribution < 1.29 is 14.6 Å². The van der Waals surface area contributed by atoms with Gasteiger partial charge >= 0.3 is 0 Å². The number of carbonyl (C=O) groups is 1. The number of amides is 1. The zero-order valence-corrected chi connectivity index (χ0v) is 19.2. The fraction of sp³-hybridized carbons (Fsp3) is 0.259. The zero-order valence-electron chi connectivity index (χ0n) is 19.2. The number of carbonyl (C=O) groups excluding carboxylic acids is 1. The van der Waals surface area contributed by atoms with E-state index in [-0.39, 0.29) is 36.3 Å². The molecule has 0 radical (unpaired) electrons. The lowest BCUT2D eigenvalue weighted by Crippen LogP contribution is -2.58. The van der Waals surface area contributed by atoms with Crippen LogP contribution in [0, 0.1) is 5.92 Å². The molecule has 7 heteroatoms. The minimum Gasteiger partial charge on any atom is -0.502 e. The van der Waals surface area contributed by atoms with Crippen LogP contribution in [0.15, 0.2) is 83.8 Å². The van der Waals surface area contributed by atoms with E-state index in [9.17, 15) is 14.7 Å². The molecule has 0 saturated heterocycles. The summed E-state index contributed by atoms with van der Waals surface area (Å²) in [5.74, 6) is -0.0845. The summed E-state index contributed by atoms with van der Waals surface area (Å²) in [6.45, 7) is 4.71. The summed E-state index contributed by atoms with van der Waals surface area (Å²) in [6, 6.07) is 18.5. The second kappa shape index (κ2) is 8.74. The second-order valence-electron chi connectivity index (χ2n) is 8.90. The highest BCUT2D eigenvalue weighted by molar-refractivity contribution is 5.96. The van der Waals surface area contributed by atoms with E-state index >= 15 is 0 Å². The number of hydrogen-bond acceptors (Lipinski definition) is 5. The number of benzene rings is 2. The molecule has 0 spiro atoms. The smallest absolute Gasteiger partial charge is 0.278 e. The summed E-state index contributed by atoms with van der Waals surface area (Å²) < 4.78 is 7.79. The molecule has 174 valence electrons. The third-order valence-electron chi connectivity index (χ3n) is 6.43. The summed E-state index contributed by atoms with van der Waals surface area (Å²) in [5, 5.41) is 12.7. The van der Waals surface area contributed by atoms with E-state index in [2.05, 4.69) is 0 Å². The Morgan fingerprint density at radius 2 is 1.74 bits per heavy atom. The van der Waals surface area contributed by atoms with E-state index in [0.717, 1.165) is 16.9 Å². The Hall–Kier alpha value is -4.00. The van der Waals surface area contributed by atoms with Crippen molar-refractivity contribution in [3.8, 4) is 11.5 Å². The van der Waals surface area contributed by atoms with Crippen molar-refractivity contribution in [2.45, 2.75) is 25.9 Å². The molecule has 0 saturated carbocycles. The molecule has 7 nitrogen and oxygen atoms in total. The van der Waals surface area contributed by atoms with Crippen LogP contribution in [0.4, 0.5) is 0 Å². The SMILES string of the molecule is CC(C)[C@H]1/C=C/COc2ccccc2[C@H](c2ccccc2)N2CN1C(=O)c1c(O)c(=O)ccn12. The number of pyridine rings is 1. The van der Waals surface area contributed by atoms with Crippen LogP contribution in [0.2, 0.25) is 0 Å². The average molecular weight is 458 g/mol. The summed E-state index contributed by atoms with van der Waals surface area (Å²) in [5.41, 5.74) is 1.30. The summed E-state index contributed by atoms with van der Waals surface area (Å²) in [7, 11) is 0. The van der Waals surface area contributed by atoms with Crippen molar-refractivity contribution in [1.82, 2.24) is 9.58 Å². The number of aromatic hydroxyl groups is 1. The lowest BCUT2D eigenvalue weighted by Gasteiger charge is -2.46. The summed E-state index contributed by atoms with van der Waals surface area (Å²) in [6.07, 6.45) is 5.46. The third kappa shape index (κ3) is 3.63. The van der Waals surface area contributed by atoms with E-state index in [1.54, 1.807) is 15.8 Å². The highest BCUT2D eigenvalue weighted by atomic mass is 16.5. The number of nitrogens with zero attached hydrogens (tertiary/aromatic N) is 3. The van der Waals surface area contributed by atoms with Gasteiger partial charge in [0, 0.05) is 17.8 Å². The van der Waals surface area contributed by atoms with Gasteiger partial charge in [0.25, 0.3) is 5.91 Å². The van der Waals surface area contributed by atoms with Crippen LogP contribution < -0.4 is 15.2 Å². The number of para-hydroxylation sites is 1. The second-order valence-corrected chi connectivity index (χ2v) is 8.90. The summed E-state index contributed by atoms with van der Waals surface area (Å²) >= 11 is 0. The van der Waals surface area contributed by atoms with Crippen LogP contribution in [0.25, 0.3) is 0 Å². The highest BCUT2D eigenvalue weighted by Crippen LogP contribution is 2.37. The van der Waals surface area contributed by atoms with E-state index in [1.165, 1.54) is 6.07 Å². The highest BCUT2D eigenvalue weighted by Gasteiger charge is 2.40. The first-order valence-corrected chi connectivity index (χ1v) is 11.4. The van der Waals surface area contributed by atoms with Gasteiger partial charge in [-0.05, 0) is 23.6 Å². The Bertz CT molecular complexity index is 1300. The molecule has 3 heterocycles. The molecule has 1 aromatic heterocycles. The van der Waals surface area contributed by atoms with E-state index in [4.69, 9.17) is 4.74 Å². The number of rotatable bonds is 2. The predicted molar refractivity (Wildman–Crippen MR) is 130 cm³/mol. The Morgan fingerprint density at radius 3 is 2.50 bits per heavy atom. The van der Waals surface area contributed by atoms with Crippen molar-refractivity contribution >= 4 is 5.91 Å². The van der Waals surface area contributed by atoms with Crippen molar-refractivity contribution in [1.29, 1.82) is 0 Å². The van der Waals surface area contributed by atoms with Crippen molar-refractivity contribution in [3.05, 3.63) is 106 Å². The van der Waals surface area contributed by atoms with E-state index in [0.29, 0.717) is 6.61 Å². The average Bonchev–Trinajstić information content (AvgIpc) is 2.86. The number of aromatic nitrogens is 1. The first-order valence-electron chi connectivity index (χ1n) is 11.4. The molecular formula is C27H27N3O4. The molecule has 2 aromatic carbocycles. The first kappa shape index (κ1) is 21.8. The fourth-order valence-electron chi connectivity index (χ4n) is 4.79. The number of ether oxygens (including phenoxy) is 1. The molecule has 0 aliphatic carbocycles. The van der Waals surface area contributed by atoms with Gasteiger partial charge in [0.15, 0.2) is 11.4 Å². The summed E-state index contributed by atoms with van der Waals surface area (Å²) in [4.78, 5) is 27.8. The van der Waals surface area contributed by atoms with Gasteiger partial charge in [0.2, 0.25) is 5.43 Å². The van der Waals surface area contributed by atoms with Gasteiger partial charge in [-0.25, -0.2) is 0 Å². The van der Waals surface area contributed by atoms with E-state index < -0.39 is 11.2 Å². The maximum atomic E-state index is 13.7. The molecular weight excluding hydrogens is 430 g/mol. The normalized spacial score (nSPS) is 20.7. The molecule has 2 aliphatic heterocycles. The molecule has 0 fully saturated rings. The molecule has 2 atom stereocenters. The molecule has 1 N–H and O–H groups in total. The number of hydrogen-bond donors (Lipinski definition) is 1. The zero-order chi connectivity index (χ0) is 23.8. The van der Waals surface area contributed by atoms with Crippen molar-refractivity contribution in [2.24, 2.45) is 5.92 Å². The fourth-order valence-corrected chi connectivity index (χ4v) is 4.79. The molecule has 1 amide bonds. The lowest BCUT2D eigenvalue weighted by molar-refractivity contribution is 0.0588. The van der Waals surface area contributed by atoms with E-state index in [1.807, 2.05) is 85.6 Å². The minimum atomic E-state index is -0.581. The molecule has 2 bridgehead atoms. The monoisotopic (exact) mass is 457 g/mol. The molecule has 0 unspecified atom stereocenters. The maximum Gasteiger partial charge on any atom is 0.278 e. The molecule has 2 aliphatic rings. The van der Waals surface area contributed by atoms with Gasteiger partial charge in [-0.2, -0.15) is 0 Å². The maximum absolute atomic E-state index is 13.7. The Balaban J connectivity index is 1.82. The van der Waals surface area contributed by atoms with Crippen LogP contribution in [-0.2, 0) is 0 Å². The topological polar surface area (TPSA) is 75.0 Å². The minimum absolute atomic E-state index is 0.0311. The van der Waals surface area contributed by atoms with Crippen LogP contribution in [0.1, 0.15) is 41.5 Å². The predicted octanol–water partition coefficient (Wildman–Crippen LogP) is 3.67. The van der Waals surface area contributed by atoms with Gasteiger partial charge in [-0.15, -0.1) is 0 Å². The Labute approximate surface area is 198 Å². The Morgan fingerprint density at radius 1 is 1.00 bits per heavy atom. The first-order chi connectivity index (χ1) is 16.5. The van der Waals surface area contributed by atoms with Crippen LogP contribution in [0.3, 0.4) is 0 Å². The molecule has 3 aromatic rings. The third-order valence-corrected chi connectivity index (χ3v) is 6.43. The van der Waals surface area contributed by atoms with Crippen LogP contribution >= 0.6 is 0 Å². The molecule has 5 rings (SSSR count). The standard InChI is InChI=1S/C27H27N3O4/c1-18(2)21-12-8-16-34-23-13-7-6-11-20(23)24(19-9-4-3-5-10-19)30-17-28(21)27(33)25-26(32)22(31)14-15-29(25)30/h3-15,18,21,24,32H,16-17H2,1-2H3/b12-8+/t21-,24+/m1/s1. The van der Waals surface area contributed by atoms with Gasteiger partial charge in [0.1, 0.15) is 25.1 Å². The quantitative estimate of drug-likeness (QED) is 0.595. The van der Waals surface area contributed by atoms with Gasteiger partial charge in [-0.1, -0.05) is 68.5 Å². The van der Waals surface area contributed by atoms with Crippen LogP contribution in [0.5, 0.6) is 11.5 Å². The van der Waals surface area contributed by atoms with Crippen molar-refractivity contribution in [3.63, 3.8) is 0 Å². The largest absolute Gasteiger partial charge is 0.502 e. The Kier molecular flexibility index (Phi) is 5.61. The van der Waals surface area contributed by atoms with Gasteiger partial charge in [0.05, 0.1) is 6.04 Å². The molecule has 34 heavy (non-hydrogen) atoms. The van der Waals surface area contributed by atoms with Gasteiger partial charge in [-0.3, -0.25) is 19.3 Å². The van der Waals surface area contributed by atoms with Crippen molar-refractivity contribution in [2.75, 3.05) is 18.3 Å². The lowest BCUT2D eigenvalue weighted by atomic mass is 9.96. The van der Waals surface area contributed by atoms with Gasteiger partial charge < -0.3 is 14.7 Å². The van der Waals surface area contributed by atoms with Crippen LogP contribution in [-0.4, -0.2) is 39.9 Å². The number of fused-ring (bicyclic) bond motifs is 5.